The Hall–Kier alpha value is -0.920. The van der Waals surface area contributed by atoms with E-state index in [1.165, 1.54) is 10.4 Å². The molecule has 108 valence electrons. The molecule has 0 bridgehead atoms. The first kappa shape index (κ1) is 14.0. The van der Waals surface area contributed by atoms with Crippen LogP contribution in [0, 0.1) is 0 Å². The molecule has 0 fully saturated rings. The topological polar surface area (TPSA) is 64.8 Å². The van der Waals surface area contributed by atoms with E-state index in [2.05, 4.69) is 21.6 Å². The van der Waals surface area contributed by atoms with Gasteiger partial charge in [0, 0.05) is 28.0 Å². The van der Waals surface area contributed by atoms with Crippen molar-refractivity contribution in [2.75, 3.05) is 0 Å². The molecule has 1 aliphatic rings. The minimum atomic E-state index is -3.86. The summed E-state index contributed by atoms with van der Waals surface area (Å²) in [6.45, 7) is 2.36. The third-order valence-electron chi connectivity index (χ3n) is 3.64. The normalized spacial score (nSPS) is 19.0. The highest BCUT2D eigenvalue weighted by atomic mass is 35.7. The number of thiophene rings is 1. The molecule has 0 saturated carbocycles. The van der Waals surface area contributed by atoms with Gasteiger partial charge in [-0.1, -0.05) is 0 Å². The van der Waals surface area contributed by atoms with Crippen LogP contribution in [-0.2, 0) is 22.0 Å². The first-order valence-corrected chi connectivity index (χ1v) is 9.65. The van der Waals surface area contributed by atoms with Crippen LogP contribution in [0.4, 0.5) is 0 Å². The Kier molecular flexibility index (Phi) is 3.60. The lowest BCUT2D eigenvalue weighted by Crippen LogP contribution is -2.15. The van der Waals surface area contributed by atoms with Crippen LogP contribution in [0.1, 0.15) is 41.9 Å². The van der Waals surface area contributed by atoms with Crippen LogP contribution in [0.5, 0.6) is 0 Å². The molecule has 1 atom stereocenters. The van der Waals surface area contributed by atoms with Gasteiger partial charge < -0.3 is 4.57 Å². The number of fused-ring (bicyclic) bond motifs is 1. The molecule has 0 spiro atoms. The third-order valence-corrected chi connectivity index (χ3v) is 5.79. The van der Waals surface area contributed by atoms with Crippen LogP contribution in [0.3, 0.4) is 0 Å². The van der Waals surface area contributed by atoms with E-state index >= 15 is 0 Å². The predicted molar refractivity (Wildman–Crippen MR) is 77.8 cm³/mol. The fourth-order valence-corrected chi connectivity index (χ4v) is 4.74. The van der Waals surface area contributed by atoms with Gasteiger partial charge >= 0.3 is 0 Å². The average molecular weight is 332 g/mol. The number of hydrogen-bond donors (Lipinski definition) is 0. The standard InChI is InChI=1S/C12H14ClN3O2S2/c1-2-16-11(14-15-12(16)20(13,17)18)9-4-3-5-10-8(9)6-7-19-10/h6-7,9H,2-5H2,1H3. The first-order valence-electron chi connectivity index (χ1n) is 6.46. The van der Waals surface area contributed by atoms with Crippen LogP contribution < -0.4 is 0 Å². The van der Waals surface area contributed by atoms with Crippen LogP contribution in [0.2, 0.25) is 0 Å². The van der Waals surface area contributed by atoms with E-state index in [0.29, 0.717) is 12.4 Å². The van der Waals surface area contributed by atoms with Gasteiger partial charge in [-0.3, -0.25) is 0 Å². The SMILES string of the molecule is CCn1c(C2CCCc3sccc32)nnc1S(=O)(=O)Cl. The van der Waals surface area contributed by atoms with Gasteiger partial charge in [0.05, 0.1) is 0 Å². The van der Waals surface area contributed by atoms with Crippen molar-refractivity contribution in [3.05, 3.63) is 27.7 Å². The van der Waals surface area contributed by atoms with Crippen LogP contribution in [0.15, 0.2) is 16.6 Å². The Labute approximate surface area is 126 Å². The highest BCUT2D eigenvalue weighted by molar-refractivity contribution is 8.13. The van der Waals surface area contributed by atoms with E-state index in [-0.39, 0.29) is 11.1 Å². The molecule has 3 rings (SSSR count). The van der Waals surface area contributed by atoms with E-state index in [9.17, 15) is 8.42 Å². The Bertz CT molecular complexity index is 736. The zero-order valence-electron chi connectivity index (χ0n) is 10.9. The van der Waals surface area contributed by atoms with Crippen molar-refractivity contribution in [3.8, 4) is 0 Å². The highest BCUT2D eigenvalue weighted by Crippen LogP contribution is 2.39. The van der Waals surface area contributed by atoms with E-state index in [0.717, 1.165) is 19.3 Å². The summed E-state index contributed by atoms with van der Waals surface area (Å²) in [6.07, 6.45) is 3.13. The van der Waals surface area contributed by atoms with E-state index < -0.39 is 9.05 Å². The summed E-state index contributed by atoms with van der Waals surface area (Å²) in [5, 5.41) is 9.82. The van der Waals surface area contributed by atoms with Crippen LogP contribution in [0.25, 0.3) is 0 Å². The second kappa shape index (κ2) is 5.13. The smallest absolute Gasteiger partial charge is 0.296 e. The summed E-state index contributed by atoms with van der Waals surface area (Å²) in [7, 11) is 1.56. The van der Waals surface area contributed by atoms with Gasteiger partial charge in [-0.05, 0) is 43.2 Å². The zero-order chi connectivity index (χ0) is 14.3. The highest BCUT2D eigenvalue weighted by Gasteiger charge is 2.30. The van der Waals surface area contributed by atoms with Gasteiger partial charge in [-0.25, -0.2) is 8.42 Å². The van der Waals surface area contributed by atoms with Crippen molar-refractivity contribution in [1.82, 2.24) is 14.8 Å². The second-order valence-electron chi connectivity index (χ2n) is 4.77. The molecule has 2 heterocycles. The molecule has 0 saturated heterocycles. The van der Waals surface area contributed by atoms with Gasteiger partial charge in [0.1, 0.15) is 5.82 Å². The van der Waals surface area contributed by atoms with Gasteiger partial charge in [0.15, 0.2) is 0 Å². The molecular weight excluding hydrogens is 318 g/mol. The van der Waals surface area contributed by atoms with Crippen molar-refractivity contribution in [2.45, 2.75) is 43.8 Å². The lowest BCUT2D eigenvalue weighted by Gasteiger charge is -2.22. The molecule has 0 radical (unpaired) electrons. The number of rotatable bonds is 3. The van der Waals surface area contributed by atoms with Crippen molar-refractivity contribution in [3.63, 3.8) is 0 Å². The van der Waals surface area contributed by atoms with Gasteiger partial charge in [0.25, 0.3) is 14.2 Å². The number of aromatic nitrogens is 3. The summed E-state index contributed by atoms with van der Waals surface area (Å²) >= 11 is 1.75. The largest absolute Gasteiger partial charge is 0.301 e. The number of aryl methyl sites for hydroxylation is 1. The predicted octanol–water partition coefficient (Wildman–Crippen LogP) is 2.76. The van der Waals surface area contributed by atoms with Crippen molar-refractivity contribution >= 4 is 31.1 Å². The van der Waals surface area contributed by atoms with Gasteiger partial charge in [-0.15, -0.1) is 21.5 Å². The van der Waals surface area contributed by atoms with Crippen molar-refractivity contribution in [2.24, 2.45) is 0 Å². The Morgan fingerprint density at radius 2 is 2.30 bits per heavy atom. The summed E-state index contributed by atoms with van der Waals surface area (Å²) < 4.78 is 24.7. The Morgan fingerprint density at radius 3 is 3.00 bits per heavy atom. The maximum Gasteiger partial charge on any atom is 0.296 e. The minimum Gasteiger partial charge on any atom is -0.301 e. The summed E-state index contributed by atoms with van der Waals surface area (Å²) in [5.41, 5.74) is 1.25. The second-order valence-corrected chi connectivity index (χ2v) is 8.23. The lowest BCUT2D eigenvalue weighted by atomic mass is 9.87. The molecule has 0 amide bonds. The van der Waals surface area contributed by atoms with E-state index in [1.807, 2.05) is 6.92 Å². The average Bonchev–Trinajstić information content (AvgIpc) is 3.03. The first-order chi connectivity index (χ1) is 9.52. The fourth-order valence-electron chi connectivity index (χ4n) is 2.79. The number of halogens is 1. The Balaban J connectivity index is 2.11. The monoisotopic (exact) mass is 331 g/mol. The molecule has 20 heavy (non-hydrogen) atoms. The molecule has 1 unspecified atom stereocenters. The summed E-state index contributed by atoms with van der Waals surface area (Å²) in [6, 6.07) is 2.10. The van der Waals surface area contributed by atoms with Crippen LogP contribution >= 0.6 is 22.0 Å². The Morgan fingerprint density at radius 1 is 1.50 bits per heavy atom. The van der Waals surface area contributed by atoms with E-state index in [4.69, 9.17) is 10.7 Å². The zero-order valence-corrected chi connectivity index (χ0v) is 13.3. The van der Waals surface area contributed by atoms with Crippen LogP contribution in [-0.4, -0.2) is 23.2 Å². The third kappa shape index (κ3) is 2.27. The minimum absolute atomic E-state index is 0.115. The molecule has 0 aliphatic heterocycles. The molecule has 1 aliphatic carbocycles. The van der Waals surface area contributed by atoms with Gasteiger partial charge in [-0.2, -0.15) is 0 Å². The quantitative estimate of drug-likeness (QED) is 0.811. The number of hydrogen-bond acceptors (Lipinski definition) is 5. The molecule has 0 N–H and O–H groups in total. The molecule has 2 aromatic rings. The lowest BCUT2D eigenvalue weighted by molar-refractivity contribution is 0.539. The molecule has 5 nitrogen and oxygen atoms in total. The molecule has 8 heteroatoms. The van der Waals surface area contributed by atoms with Crippen molar-refractivity contribution in [1.29, 1.82) is 0 Å². The maximum absolute atomic E-state index is 11.5. The summed E-state index contributed by atoms with van der Waals surface area (Å²) in [5.74, 6) is 0.815. The fraction of sp³-hybridized carbons (Fsp3) is 0.500. The maximum atomic E-state index is 11.5. The molecular formula is C12H14ClN3O2S2. The number of nitrogens with zero attached hydrogens (tertiary/aromatic N) is 3. The molecule has 2 aromatic heterocycles. The van der Waals surface area contributed by atoms with Gasteiger partial charge in [0.2, 0.25) is 0 Å². The van der Waals surface area contributed by atoms with Crippen molar-refractivity contribution < 1.29 is 8.42 Å². The summed E-state index contributed by atoms with van der Waals surface area (Å²) in [4.78, 5) is 1.36. The molecule has 0 aromatic carbocycles. The van der Waals surface area contributed by atoms with E-state index in [1.54, 1.807) is 15.9 Å².